The Hall–Kier alpha value is -3.94. The molecule has 2 aliphatic rings. The minimum Gasteiger partial charge on any atom is -0.352 e. The van der Waals surface area contributed by atoms with Gasteiger partial charge in [-0.3, -0.25) is 19.1 Å². The lowest BCUT2D eigenvalue weighted by Crippen LogP contribution is -2.61. The van der Waals surface area contributed by atoms with E-state index >= 15 is 0 Å². The highest BCUT2D eigenvalue weighted by Crippen LogP contribution is 2.42. The van der Waals surface area contributed by atoms with Crippen LogP contribution in [0.2, 0.25) is 0 Å². The van der Waals surface area contributed by atoms with Crippen molar-refractivity contribution in [3.63, 3.8) is 0 Å². The first-order chi connectivity index (χ1) is 16.9. The van der Waals surface area contributed by atoms with Crippen LogP contribution in [0.15, 0.2) is 60.7 Å². The number of fused-ring (bicyclic) bond motifs is 1. The summed E-state index contributed by atoms with van der Waals surface area (Å²) >= 11 is 0. The Kier molecular flexibility index (Phi) is 6.11. The monoisotopic (exact) mass is 471 g/mol. The highest BCUT2D eigenvalue weighted by Gasteiger charge is 2.47. The number of aryl methyl sites for hydroxylation is 2. The average Bonchev–Trinajstić information content (AvgIpc) is 3.44. The fourth-order valence-corrected chi connectivity index (χ4v) is 5.02. The molecular formula is C27H29N5O3. The normalized spacial score (nSPS) is 20.4. The van der Waals surface area contributed by atoms with Gasteiger partial charge in [-0.05, 0) is 55.0 Å². The van der Waals surface area contributed by atoms with Crippen molar-refractivity contribution in [2.75, 3.05) is 0 Å². The molecule has 8 heteroatoms. The zero-order valence-corrected chi connectivity index (χ0v) is 19.7. The Balaban J connectivity index is 1.27. The van der Waals surface area contributed by atoms with Crippen molar-refractivity contribution >= 4 is 17.7 Å². The molecule has 1 saturated carbocycles. The fourth-order valence-electron chi connectivity index (χ4n) is 5.02. The third kappa shape index (κ3) is 4.82. The molecule has 3 N–H and O–H groups in total. The van der Waals surface area contributed by atoms with Crippen LogP contribution in [-0.4, -0.2) is 33.5 Å². The van der Waals surface area contributed by atoms with Gasteiger partial charge in [0, 0.05) is 37.3 Å². The summed E-state index contributed by atoms with van der Waals surface area (Å²) < 4.78 is 1.91. The van der Waals surface area contributed by atoms with Crippen LogP contribution in [-0.2, 0) is 29.8 Å². The number of nitrogens with zero attached hydrogens (tertiary/aromatic N) is 2. The Morgan fingerprint density at radius 3 is 2.57 bits per heavy atom. The maximum atomic E-state index is 13.1. The van der Waals surface area contributed by atoms with Crippen molar-refractivity contribution in [2.24, 2.45) is 0 Å². The molecule has 35 heavy (non-hydrogen) atoms. The Bertz CT molecular complexity index is 1240. The summed E-state index contributed by atoms with van der Waals surface area (Å²) in [6.07, 6.45) is 3.20. The van der Waals surface area contributed by atoms with Gasteiger partial charge in [0.2, 0.25) is 5.91 Å². The third-order valence-corrected chi connectivity index (χ3v) is 6.83. The van der Waals surface area contributed by atoms with Gasteiger partial charge >= 0.3 is 0 Å². The molecule has 8 nitrogen and oxygen atoms in total. The smallest absolute Gasteiger partial charge is 0.272 e. The first kappa shape index (κ1) is 22.8. The second-order valence-corrected chi connectivity index (χ2v) is 9.44. The second-order valence-electron chi connectivity index (χ2n) is 9.44. The number of rotatable bonds is 7. The Morgan fingerprint density at radius 2 is 1.83 bits per heavy atom. The molecule has 1 fully saturated rings. The number of nitrogens with one attached hydrogen (secondary N) is 3. The largest absolute Gasteiger partial charge is 0.352 e. The van der Waals surface area contributed by atoms with E-state index in [2.05, 4.69) is 21.0 Å². The van der Waals surface area contributed by atoms with E-state index in [1.54, 1.807) is 12.1 Å². The molecular weight excluding hydrogens is 442 g/mol. The van der Waals surface area contributed by atoms with Crippen LogP contribution >= 0.6 is 0 Å². The van der Waals surface area contributed by atoms with Crippen LogP contribution in [0, 0.1) is 0 Å². The van der Waals surface area contributed by atoms with E-state index in [4.69, 9.17) is 0 Å². The summed E-state index contributed by atoms with van der Waals surface area (Å²) in [6, 6.07) is 18.9. The molecule has 180 valence electrons. The number of carbonyl (C=O) groups is 3. The van der Waals surface area contributed by atoms with Crippen molar-refractivity contribution in [1.82, 2.24) is 25.7 Å². The van der Waals surface area contributed by atoms with Gasteiger partial charge in [0.05, 0.1) is 5.54 Å². The topological polar surface area (TPSA) is 105 Å². The summed E-state index contributed by atoms with van der Waals surface area (Å²) in [7, 11) is 0. The van der Waals surface area contributed by atoms with Crippen LogP contribution in [0.1, 0.15) is 63.9 Å². The molecule has 0 unspecified atom stereocenters. The first-order valence-electron chi connectivity index (χ1n) is 12.0. The van der Waals surface area contributed by atoms with E-state index in [-0.39, 0.29) is 23.8 Å². The van der Waals surface area contributed by atoms with Gasteiger partial charge in [0.1, 0.15) is 5.69 Å². The molecule has 2 aromatic carbocycles. The van der Waals surface area contributed by atoms with Gasteiger partial charge in [-0.2, -0.15) is 5.10 Å². The molecule has 0 saturated heterocycles. The maximum absolute atomic E-state index is 13.1. The fraction of sp³-hybridized carbons (Fsp3) is 0.333. The molecule has 5 rings (SSSR count). The van der Waals surface area contributed by atoms with Crippen molar-refractivity contribution in [2.45, 2.75) is 57.3 Å². The molecule has 1 aromatic heterocycles. The van der Waals surface area contributed by atoms with E-state index in [0.717, 1.165) is 36.2 Å². The van der Waals surface area contributed by atoms with Gasteiger partial charge < -0.3 is 16.0 Å². The van der Waals surface area contributed by atoms with Gasteiger partial charge in [-0.25, -0.2) is 0 Å². The molecule has 1 aliphatic heterocycles. The Morgan fingerprint density at radius 1 is 1.03 bits per heavy atom. The van der Waals surface area contributed by atoms with E-state index in [1.165, 1.54) is 6.92 Å². The van der Waals surface area contributed by atoms with Gasteiger partial charge in [-0.15, -0.1) is 0 Å². The summed E-state index contributed by atoms with van der Waals surface area (Å²) in [6.45, 7) is 2.69. The predicted molar refractivity (Wildman–Crippen MR) is 131 cm³/mol. The lowest BCUT2D eigenvalue weighted by atomic mass is 9.68. The maximum Gasteiger partial charge on any atom is 0.272 e. The average molecular weight is 472 g/mol. The number of hydrogen-bond acceptors (Lipinski definition) is 4. The van der Waals surface area contributed by atoms with Crippen LogP contribution in [0.5, 0.6) is 0 Å². The number of amides is 3. The lowest BCUT2D eigenvalue weighted by Gasteiger charge is -2.48. The Labute approximate surface area is 204 Å². The van der Waals surface area contributed by atoms with Crippen molar-refractivity contribution < 1.29 is 14.4 Å². The van der Waals surface area contributed by atoms with Crippen molar-refractivity contribution in [3.8, 4) is 0 Å². The molecule has 3 amide bonds. The quantitative estimate of drug-likeness (QED) is 0.493. The molecule has 3 aromatic rings. The van der Waals surface area contributed by atoms with E-state index in [0.29, 0.717) is 30.6 Å². The van der Waals surface area contributed by atoms with Crippen LogP contribution in [0.4, 0.5) is 0 Å². The van der Waals surface area contributed by atoms with Crippen LogP contribution in [0.25, 0.3) is 0 Å². The second kappa shape index (κ2) is 9.37. The van der Waals surface area contributed by atoms with Gasteiger partial charge in [0.15, 0.2) is 0 Å². The summed E-state index contributed by atoms with van der Waals surface area (Å²) in [5, 5.41) is 13.5. The van der Waals surface area contributed by atoms with Gasteiger partial charge in [-0.1, -0.05) is 42.5 Å². The lowest BCUT2D eigenvalue weighted by molar-refractivity contribution is -0.119. The third-order valence-electron chi connectivity index (χ3n) is 6.83. The van der Waals surface area contributed by atoms with Gasteiger partial charge in [0.25, 0.3) is 11.8 Å². The van der Waals surface area contributed by atoms with E-state index in [9.17, 15) is 14.4 Å². The first-order valence-corrected chi connectivity index (χ1v) is 12.0. The standard InChI is InChI=1S/C27H29N5O3/c1-18(33)28-17-19-7-5-8-20(13-19)25(34)29-22-15-27(16-22,21-9-3-2-4-10-21)30-26(35)24-14-23-11-6-12-32(23)31-24/h2-5,7-10,13-14,22H,6,11-12,15-17H2,1H3,(H,28,33)(H,29,34)(H,30,35). The molecule has 0 bridgehead atoms. The number of hydrogen-bond donors (Lipinski definition) is 3. The molecule has 2 heterocycles. The summed E-state index contributed by atoms with van der Waals surface area (Å²) in [5.74, 6) is -0.474. The number of benzene rings is 2. The van der Waals surface area contributed by atoms with Crippen molar-refractivity contribution in [3.05, 3.63) is 88.7 Å². The minimum atomic E-state index is -0.558. The highest BCUT2D eigenvalue weighted by molar-refractivity contribution is 5.95. The summed E-state index contributed by atoms with van der Waals surface area (Å²) in [5.41, 5.74) is 3.41. The summed E-state index contributed by atoms with van der Waals surface area (Å²) in [4.78, 5) is 37.2. The number of aromatic nitrogens is 2. The van der Waals surface area contributed by atoms with E-state index in [1.807, 2.05) is 53.2 Å². The zero-order chi connectivity index (χ0) is 24.4. The van der Waals surface area contributed by atoms with E-state index < -0.39 is 5.54 Å². The molecule has 1 aliphatic carbocycles. The number of carbonyl (C=O) groups excluding carboxylic acids is 3. The van der Waals surface area contributed by atoms with Crippen LogP contribution in [0.3, 0.4) is 0 Å². The highest BCUT2D eigenvalue weighted by atomic mass is 16.2. The predicted octanol–water partition coefficient (Wildman–Crippen LogP) is 2.68. The molecule has 0 atom stereocenters. The SMILES string of the molecule is CC(=O)NCc1cccc(C(=O)NC2CC(NC(=O)c3cc4n(n3)CCC4)(c3ccccc3)C2)c1. The molecule has 0 radical (unpaired) electrons. The molecule has 0 spiro atoms. The zero-order valence-electron chi connectivity index (χ0n) is 19.7. The minimum absolute atomic E-state index is 0.0750. The van der Waals surface area contributed by atoms with Crippen molar-refractivity contribution in [1.29, 1.82) is 0 Å². The van der Waals surface area contributed by atoms with Crippen LogP contribution < -0.4 is 16.0 Å².